The number of aromatic nitrogens is 2. The SMILES string of the molecule is NC[C@H](Cc1ccc(F)c(F)c1)NC(=O)c1cc2c(o1)CCCn1ncc(Cl)c1-2. The quantitative estimate of drug-likeness (QED) is 0.663. The van der Waals surface area contributed by atoms with Gasteiger partial charge in [-0.3, -0.25) is 9.48 Å². The number of furan rings is 1. The first-order chi connectivity index (χ1) is 14.0. The number of halogens is 3. The molecule has 1 atom stereocenters. The summed E-state index contributed by atoms with van der Waals surface area (Å²) in [6.45, 7) is 0.848. The Hall–Kier alpha value is -2.71. The van der Waals surface area contributed by atoms with E-state index in [0.717, 1.165) is 36.4 Å². The molecule has 0 spiro atoms. The average molecular weight is 421 g/mol. The molecule has 1 amide bonds. The average Bonchev–Trinajstić information content (AvgIpc) is 3.23. The van der Waals surface area contributed by atoms with Crippen LogP contribution in [0.25, 0.3) is 11.3 Å². The predicted octanol–water partition coefficient (Wildman–Crippen LogP) is 3.32. The van der Waals surface area contributed by atoms with E-state index >= 15 is 0 Å². The van der Waals surface area contributed by atoms with Gasteiger partial charge < -0.3 is 15.5 Å². The molecule has 3 N–H and O–H groups in total. The van der Waals surface area contributed by atoms with E-state index in [1.165, 1.54) is 6.07 Å². The fourth-order valence-corrected chi connectivity index (χ4v) is 3.76. The second kappa shape index (κ2) is 7.96. The molecule has 152 valence electrons. The Morgan fingerprint density at radius 3 is 2.93 bits per heavy atom. The number of hydrogen-bond donors (Lipinski definition) is 2. The molecular formula is C20H19ClF2N4O2. The molecule has 1 aliphatic rings. The van der Waals surface area contributed by atoms with Gasteiger partial charge >= 0.3 is 0 Å². The molecule has 3 heterocycles. The molecule has 0 unspecified atom stereocenters. The number of aryl methyl sites for hydroxylation is 2. The summed E-state index contributed by atoms with van der Waals surface area (Å²) in [6.07, 6.45) is 3.31. The van der Waals surface area contributed by atoms with Gasteiger partial charge in [-0.2, -0.15) is 5.10 Å². The van der Waals surface area contributed by atoms with Gasteiger partial charge in [0.1, 0.15) is 5.76 Å². The molecule has 9 heteroatoms. The van der Waals surface area contributed by atoms with E-state index in [1.54, 1.807) is 16.9 Å². The van der Waals surface area contributed by atoms with Gasteiger partial charge in [0.25, 0.3) is 5.91 Å². The topological polar surface area (TPSA) is 86.1 Å². The molecule has 29 heavy (non-hydrogen) atoms. The molecular weight excluding hydrogens is 402 g/mol. The predicted molar refractivity (Wildman–Crippen MR) is 104 cm³/mol. The third-order valence-electron chi connectivity index (χ3n) is 4.94. The minimum Gasteiger partial charge on any atom is -0.455 e. The Labute approximate surface area is 170 Å². The van der Waals surface area contributed by atoms with Gasteiger partial charge in [0.2, 0.25) is 0 Å². The van der Waals surface area contributed by atoms with E-state index in [0.29, 0.717) is 22.8 Å². The van der Waals surface area contributed by atoms with Gasteiger partial charge in [-0.1, -0.05) is 17.7 Å². The van der Waals surface area contributed by atoms with Crippen LogP contribution in [-0.2, 0) is 19.4 Å². The molecule has 0 bridgehead atoms. The van der Waals surface area contributed by atoms with Crippen LogP contribution in [0, 0.1) is 11.6 Å². The summed E-state index contributed by atoms with van der Waals surface area (Å²) in [6, 6.07) is 4.80. The molecule has 3 aromatic rings. The van der Waals surface area contributed by atoms with Crippen LogP contribution >= 0.6 is 11.6 Å². The lowest BCUT2D eigenvalue weighted by Gasteiger charge is -2.16. The summed E-state index contributed by atoms with van der Waals surface area (Å²) in [4.78, 5) is 12.7. The molecule has 1 aliphatic heterocycles. The second-order valence-corrected chi connectivity index (χ2v) is 7.38. The zero-order valence-corrected chi connectivity index (χ0v) is 16.2. The fourth-order valence-electron chi connectivity index (χ4n) is 3.52. The van der Waals surface area contributed by atoms with Gasteiger partial charge in [-0.25, -0.2) is 8.78 Å². The number of rotatable bonds is 5. The number of benzene rings is 1. The third-order valence-corrected chi connectivity index (χ3v) is 5.22. The minimum atomic E-state index is -0.937. The van der Waals surface area contributed by atoms with Crippen molar-refractivity contribution < 1.29 is 18.0 Å². The highest BCUT2D eigenvalue weighted by Gasteiger charge is 2.25. The van der Waals surface area contributed by atoms with Crippen LogP contribution in [0.2, 0.25) is 5.02 Å². The van der Waals surface area contributed by atoms with E-state index in [-0.39, 0.29) is 18.7 Å². The molecule has 2 aromatic heterocycles. The number of amides is 1. The van der Waals surface area contributed by atoms with Crippen molar-refractivity contribution in [3.8, 4) is 11.3 Å². The summed E-state index contributed by atoms with van der Waals surface area (Å²) in [5.41, 5.74) is 7.78. The molecule has 0 saturated carbocycles. The normalized spacial score (nSPS) is 14.1. The number of carbonyl (C=O) groups excluding carboxylic acids is 1. The second-order valence-electron chi connectivity index (χ2n) is 6.97. The molecule has 0 fully saturated rings. The van der Waals surface area contributed by atoms with E-state index in [1.807, 2.05) is 0 Å². The Morgan fingerprint density at radius 2 is 2.17 bits per heavy atom. The lowest BCUT2D eigenvalue weighted by Crippen LogP contribution is -2.41. The zero-order valence-electron chi connectivity index (χ0n) is 15.4. The number of nitrogens with zero attached hydrogens (tertiary/aromatic N) is 2. The highest BCUT2D eigenvalue weighted by Crippen LogP contribution is 2.35. The molecule has 1 aromatic carbocycles. The lowest BCUT2D eigenvalue weighted by atomic mass is 10.1. The van der Waals surface area contributed by atoms with Crippen molar-refractivity contribution in [2.75, 3.05) is 6.54 Å². The Balaban J connectivity index is 1.53. The maximum atomic E-state index is 13.4. The van der Waals surface area contributed by atoms with Crippen LogP contribution in [-0.4, -0.2) is 28.3 Å². The highest BCUT2D eigenvalue weighted by atomic mass is 35.5. The monoisotopic (exact) mass is 420 g/mol. The number of nitrogens with two attached hydrogens (primary N) is 1. The van der Waals surface area contributed by atoms with Gasteiger partial charge in [0.15, 0.2) is 17.4 Å². The largest absolute Gasteiger partial charge is 0.455 e. The van der Waals surface area contributed by atoms with Crippen molar-refractivity contribution in [3.05, 3.63) is 64.2 Å². The minimum absolute atomic E-state index is 0.129. The molecule has 0 saturated heterocycles. The van der Waals surface area contributed by atoms with Gasteiger partial charge in [0, 0.05) is 31.1 Å². The highest BCUT2D eigenvalue weighted by molar-refractivity contribution is 6.33. The van der Waals surface area contributed by atoms with Gasteiger partial charge in [0.05, 0.1) is 16.9 Å². The summed E-state index contributed by atoms with van der Waals surface area (Å²) in [5, 5.41) is 7.55. The van der Waals surface area contributed by atoms with Gasteiger partial charge in [-0.05, 0) is 36.6 Å². The van der Waals surface area contributed by atoms with Crippen molar-refractivity contribution >= 4 is 17.5 Å². The van der Waals surface area contributed by atoms with Crippen molar-refractivity contribution in [2.24, 2.45) is 5.73 Å². The van der Waals surface area contributed by atoms with Crippen LogP contribution in [0.4, 0.5) is 8.78 Å². The maximum absolute atomic E-state index is 13.4. The van der Waals surface area contributed by atoms with E-state index < -0.39 is 23.6 Å². The zero-order chi connectivity index (χ0) is 20.5. The number of fused-ring (bicyclic) bond motifs is 3. The first kappa shape index (κ1) is 19.6. The summed E-state index contributed by atoms with van der Waals surface area (Å²) < 4.78 is 34.1. The maximum Gasteiger partial charge on any atom is 0.287 e. The first-order valence-electron chi connectivity index (χ1n) is 9.25. The van der Waals surface area contributed by atoms with Crippen molar-refractivity contribution in [3.63, 3.8) is 0 Å². The van der Waals surface area contributed by atoms with E-state index in [4.69, 9.17) is 21.8 Å². The molecule has 0 aliphatic carbocycles. The lowest BCUT2D eigenvalue weighted by molar-refractivity contribution is 0.0908. The van der Waals surface area contributed by atoms with Crippen molar-refractivity contribution in [1.29, 1.82) is 0 Å². The van der Waals surface area contributed by atoms with E-state index in [9.17, 15) is 13.6 Å². The van der Waals surface area contributed by atoms with Gasteiger partial charge in [-0.15, -0.1) is 0 Å². The molecule has 4 rings (SSSR count). The Morgan fingerprint density at radius 1 is 1.34 bits per heavy atom. The van der Waals surface area contributed by atoms with Crippen molar-refractivity contribution in [1.82, 2.24) is 15.1 Å². The van der Waals surface area contributed by atoms with E-state index in [2.05, 4.69) is 10.4 Å². The summed E-state index contributed by atoms with van der Waals surface area (Å²) >= 11 is 6.27. The molecule has 6 nitrogen and oxygen atoms in total. The summed E-state index contributed by atoms with van der Waals surface area (Å²) in [7, 11) is 0. The first-order valence-corrected chi connectivity index (χ1v) is 9.63. The number of carbonyl (C=O) groups is 1. The van der Waals surface area contributed by atoms with Crippen LogP contribution in [0.5, 0.6) is 0 Å². The molecule has 0 radical (unpaired) electrons. The number of nitrogens with one attached hydrogen (secondary N) is 1. The third kappa shape index (κ3) is 3.90. The Bertz CT molecular complexity index is 1060. The summed E-state index contributed by atoms with van der Waals surface area (Å²) in [5.74, 6) is -1.46. The Kier molecular flexibility index (Phi) is 5.38. The van der Waals surface area contributed by atoms with Crippen molar-refractivity contribution in [2.45, 2.75) is 31.8 Å². The van der Waals surface area contributed by atoms with Crippen LogP contribution in [0.15, 0.2) is 34.9 Å². The van der Waals surface area contributed by atoms with Crippen LogP contribution in [0.3, 0.4) is 0 Å². The smallest absolute Gasteiger partial charge is 0.287 e. The fraction of sp³-hybridized carbons (Fsp3) is 0.300. The standard InChI is InChI=1S/C20H19ClF2N4O2/c21-14-10-25-27-5-1-2-17-13(19(14)27)8-18(29-17)20(28)26-12(9-24)6-11-3-4-15(22)16(23)7-11/h3-4,7-8,10,12H,1-2,5-6,9,24H2,(H,26,28)/t12-/m0/s1. The van der Waals surface area contributed by atoms with Crippen LogP contribution < -0.4 is 11.1 Å². The number of hydrogen-bond acceptors (Lipinski definition) is 4. The van der Waals surface area contributed by atoms with Crippen LogP contribution in [0.1, 0.15) is 28.3 Å².